The van der Waals surface area contributed by atoms with E-state index in [1.807, 2.05) is 36.4 Å². The van der Waals surface area contributed by atoms with Gasteiger partial charge in [0.05, 0.1) is 18.8 Å². The number of anilines is 2. The molecule has 0 radical (unpaired) electrons. The van der Waals surface area contributed by atoms with Crippen LogP contribution in [0.4, 0.5) is 20.6 Å². The van der Waals surface area contributed by atoms with E-state index in [0.29, 0.717) is 5.69 Å². The van der Waals surface area contributed by atoms with Crippen molar-refractivity contribution in [2.24, 2.45) is 0 Å². The van der Waals surface area contributed by atoms with Crippen molar-refractivity contribution in [2.75, 3.05) is 30.8 Å². The summed E-state index contributed by atoms with van der Waals surface area (Å²) in [7, 11) is 1.58. The van der Waals surface area contributed by atoms with Gasteiger partial charge < -0.3 is 10.6 Å². The van der Waals surface area contributed by atoms with Gasteiger partial charge in [0.1, 0.15) is 5.82 Å². The molecule has 0 saturated carbocycles. The number of urea groups is 1. The van der Waals surface area contributed by atoms with Gasteiger partial charge in [-0.15, -0.1) is 0 Å². The number of halogens is 1. The molecule has 8 heteroatoms. The summed E-state index contributed by atoms with van der Waals surface area (Å²) in [5.74, 6) is -1.52. The molecule has 0 saturated heterocycles. The number of nitrogens with one attached hydrogen (secondary N) is 3. The molecule has 0 aliphatic carbocycles. The molecule has 0 atom stereocenters. The van der Waals surface area contributed by atoms with Gasteiger partial charge in [0.2, 0.25) is 11.8 Å². The third kappa shape index (κ3) is 5.62. The molecule has 30 heavy (non-hydrogen) atoms. The van der Waals surface area contributed by atoms with Crippen LogP contribution in [-0.2, 0) is 9.59 Å². The van der Waals surface area contributed by atoms with Gasteiger partial charge >= 0.3 is 6.03 Å². The molecule has 0 bridgehead atoms. The summed E-state index contributed by atoms with van der Waals surface area (Å²) < 4.78 is 13.5. The minimum atomic E-state index is -0.848. The smallest absolute Gasteiger partial charge is 0.324 e. The standard InChI is InChI=1S/C22H21FN4O3/c1-27(14-21(29)26-22(30)25-19-11-5-4-10-17(19)23)13-20(28)24-18-12-6-8-15-7-2-3-9-16(15)18/h2-12H,13-14H2,1H3,(H,24,28)(H2,25,26,29,30). The summed E-state index contributed by atoms with van der Waals surface area (Å²) in [5, 5.41) is 9.12. The van der Waals surface area contributed by atoms with Gasteiger partial charge in [-0.25, -0.2) is 9.18 Å². The minimum Gasteiger partial charge on any atom is -0.324 e. The van der Waals surface area contributed by atoms with Gasteiger partial charge in [-0.1, -0.05) is 48.5 Å². The van der Waals surface area contributed by atoms with Crippen LogP contribution in [0.25, 0.3) is 10.8 Å². The molecule has 7 nitrogen and oxygen atoms in total. The molecule has 0 unspecified atom stereocenters. The second-order valence-corrected chi connectivity index (χ2v) is 6.73. The van der Waals surface area contributed by atoms with E-state index in [1.54, 1.807) is 19.2 Å². The summed E-state index contributed by atoms with van der Waals surface area (Å²) in [6.07, 6.45) is 0. The fraction of sp³-hybridized carbons (Fsp3) is 0.136. The van der Waals surface area contributed by atoms with Crippen LogP contribution in [0.5, 0.6) is 0 Å². The molecule has 3 rings (SSSR count). The Bertz CT molecular complexity index is 1080. The van der Waals surface area contributed by atoms with Crippen LogP contribution in [0, 0.1) is 5.82 Å². The summed E-state index contributed by atoms with van der Waals surface area (Å²) in [6.45, 7) is -0.237. The quantitative estimate of drug-likeness (QED) is 0.584. The molecule has 0 heterocycles. The van der Waals surface area contributed by atoms with Crippen molar-refractivity contribution >= 4 is 40.0 Å². The average molecular weight is 408 g/mol. The summed E-state index contributed by atoms with van der Waals surface area (Å²) in [5.41, 5.74) is 0.644. The van der Waals surface area contributed by atoms with Gasteiger partial charge in [-0.3, -0.25) is 19.8 Å². The van der Waals surface area contributed by atoms with Crippen molar-refractivity contribution in [1.82, 2.24) is 10.2 Å². The first-order chi connectivity index (χ1) is 14.4. The fourth-order valence-corrected chi connectivity index (χ4v) is 2.95. The molecule has 0 aromatic heterocycles. The van der Waals surface area contributed by atoms with Crippen molar-refractivity contribution in [1.29, 1.82) is 0 Å². The first-order valence-corrected chi connectivity index (χ1v) is 9.24. The first kappa shape index (κ1) is 20.9. The Kier molecular flexibility index (Phi) is 6.71. The summed E-state index contributed by atoms with van der Waals surface area (Å²) in [4.78, 5) is 37.7. The molecule has 154 valence electrons. The zero-order valence-corrected chi connectivity index (χ0v) is 16.3. The molecule has 3 N–H and O–H groups in total. The molecule has 3 aromatic carbocycles. The topological polar surface area (TPSA) is 90.5 Å². The SMILES string of the molecule is CN(CC(=O)NC(=O)Nc1ccccc1F)CC(=O)Nc1cccc2ccccc12. The number of para-hydroxylation sites is 1. The average Bonchev–Trinajstić information content (AvgIpc) is 2.69. The van der Waals surface area contributed by atoms with Crippen molar-refractivity contribution in [3.8, 4) is 0 Å². The van der Waals surface area contributed by atoms with Crippen molar-refractivity contribution in [3.05, 3.63) is 72.5 Å². The Morgan fingerprint density at radius 3 is 2.23 bits per heavy atom. The van der Waals surface area contributed by atoms with E-state index in [-0.39, 0.29) is 24.7 Å². The highest BCUT2D eigenvalue weighted by Gasteiger charge is 2.14. The zero-order valence-electron chi connectivity index (χ0n) is 16.3. The monoisotopic (exact) mass is 408 g/mol. The zero-order chi connectivity index (χ0) is 21.5. The predicted octanol–water partition coefficient (Wildman–Crippen LogP) is 3.20. The lowest BCUT2D eigenvalue weighted by Crippen LogP contribution is -2.42. The minimum absolute atomic E-state index is 0.0365. The fourth-order valence-electron chi connectivity index (χ4n) is 2.95. The van der Waals surface area contributed by atoms with Crippen molar-refractivity contribution < 1.29 is 18.8 Å². The van der Waals surface area contributed by atoms with Crippen molar-refractivity contribution in [2.45, 2.75) is 0 Å². The summed E-state index contributed by atoms with van der Waals surface area (Å²) >= 11 is 0. The van der Waals surface area contributed by atoms with E-state index in [1.165, 1.54) is 23.1 Å². The highest BCUT2D eigenvalue weighted by molar-refractivity contribution is 6.03. The highest BCUT2D eigenvalue weighted by Crippen LogP contribution is 2.22. The largest absolute Gasteiger partial charge is 0.326 e. The lowest BCUT2D eigenvalue weighted by atomic mass is 10.1. The van der Waals surface area contributed by atoms with E-state index in [2.05, 4.69) is 16.0 Å². The number of amides is 4. The Morgan fingerprint density at radius 1 is 0.800 bits per heavy atom. The maximum absolute atomic E-state index is 13.5. The lowest BCUT2D eigenvalue weighted by molar-refractivity contribution is -0.121. The maximum Gasteiger partial charge on any atom is 0.326 e. The Labute approximate surface area is 172 Å². The molecule has 3 aromatic rings. The Balaban J connectivity index is 1.49. The van der Waals surface area contributed by atoms with Crippen LogP contribution in [0.3, 0.4) is 0 Å². The number of likely N-dealkylation sites (N-methyl/N-ethyl adjacent to an activating group) is 1. The first-order valence-electron chi connectivity index (χ1n) is 9.24. The van der Waals surface area contributed by atoms with E-state index in [9.17, 15) is 18.8 Å². The second kappa shape index (κ2) is 9.62. The van der Waals surface area contributed by atoms with Crippen LogP contribution in [0.2, 0.25) is 0 Å². The third-order valence-electron chi connectivity index (χ3n) is 4.27. The molecule has 0 fully saturated rings. The van der Waals surface area contributed by atoms with Crippen LogP contribution < -0.4 is 16.0 Å². The van der Waals surface area contributed by atoms with Crippen LogP contribution in [0.15, 0.2) is 66.7 Å². The van der Waals surface area contributed by atoms with Crippen LogP contribution in [-0.4, -0.2) is 42.9 Å². The highest BCUT2D eigenvalue weighted by atomic mass is 19.1. The number of benzene rings is 3. The molecular weight excluding hydrogens is 387 g/mol. The number of fused-ring (bicyclic) bond motifs is 1. The summed E-state index contributed by atoms with van der Waals surface area (Å²) in [6, 6.07) is 18.1. The number of carbonyl (C=O) groups is 3. The molecular formula is C22H21FN4O3. The maximum atomic E-state index is 13.5. The number of carbonyl (C=O) groups excluding carboxylic acids is 3. The molecule has 4 amide bonds. The second-order valence-electron chi connectivity index (χ2n) is 6.73. The van der Waals surface area contributed by atoms with Gasteiger partial charge in [0.15, 0.2) is 0 Å². The van der Waals surface area contributed by atoms with Crippen molar-refractivity contribution in [3.63, 3.8) is 0 Å². The van der Waals surface area contributed by atoms with Gasteiger partial charge in [-0.2, -0.15) is 0 Å². The predicted molar refractivity (Wildman–Crippen MR) is 114 cm³/mol. The molecule has 0 aliphatic heterocycles. The Morgan fingerprint density at radius 2 is 1.43 bits per heavy atom. The number of hydrogen-bond donors (Lipinski definition) is 3. The molecule has 0 spiro atoms. The third-order valence-corrected chi connectivity index (χ3v) is 4.27. The van der Waals surface area contributed by atoms with E-state index in [0.717, 1.165) is 10.8 Å². The van der Waals surface area contributed by atoms with Gasteiger partial charge in [-0.05, 0) is 30.6 Å². The van der Waals surface area contributed by atoms with Gasteiger partial charge in [0.25, 0.3) is 0 Å². The lowest BCUT2D eigenvalue weighted by Gasteiger charge is -2.16. The Hall–Kier alpha value is -3.78. The number of imide groups is 1. The normalized spacial score (nSPS) is 10.6. The number of rotatable bonds is 6. The number of hydrogen-bond acceptors (Lipinski definition) is 4. The van der Waals surface area contributed by atoms with E-state index < -0.39 is 17.8 Å². The van der Waals surface area contributed by atoms with E-state index in [4.69, 9.17) is 0 Å². The van der Waals surface area contributed by atoms with Crippen LogP contribution >= 0.6 is 0 Å². The number of nitrogens with zero attached hydrogens (tertiary/aromatic N) is 1. The van der Waals surface area contributed by atoms with E-state index >= 15 is 0 Å². The molecule has 0 aliphatic rings. The van der Waals surface area contributed by atoms with Crippen LogP contribution in [0.1, 0.15) is 0 Å². The van der Waals surface area contributed by atoms with Gasteiger partial charge in [0, 0.05) is 11.1 Å².